The Bertz CT molecular complexity index is 358. The maximum Gasteiger partial charge on any atom is 0.328 e. The largest absolute Gasteiger partial charge is 0.478 e. The molecule has 0 saturated carbocycles. The summed E-state index contributed by atoms with van der Waals surface area (Å²) in [6.45, 7) is 2.22. The number of hydrogen-bond acceptors (Lipinski definition) is 2. The smallest absolute Gasteiger partial charge is 0.328 e. The van der Waals surface area contributed by atoms with E-state index in [0.29, 0.717) is 19.3 Å². The van der Waals surface area contributed by atoms with Gasteiger partial charge in [0.1, 0.15) is 0 Å². The zero-order chi connectivity index (χ0) is 15.1. The van der Waals surface area contributed by atoms with Crippen LogP contribution in [0.15, 0.2) is 12.2 Å². The Balaban J connectivity index is 3.41. The minimum absolute atomic E-state index is 0.148. The molecule has 0 saturated heterocycles. The van der Waals surface area contributed by atoms with Gasteiger partial charge in [0.2, 0.25) is 0 Å². The number of unbranched alkanes of at least 4 members (excludes halogenated alkanes) is 7. The molecule has 3 heteroatoms. The fourth-order valence-corrected chi connectivity index (χ4v) is 1.77. The molecule has 0 aromatic carbocycles. The van der Waals surface area contributed by atoms with Crippen LogP contribution in [-0.4, -0.2) is 16.9 Å². The van der Waals surface area contributed by atoms with Gasteiger partial charge in [-0.25, -0.2) is 4.79 Å². The SMILES string of the molecule is CCCCCCCCC#CCCCC(=O)C=CC(=O)O. The summed E-state index contributed by atoms with van der Waals surface area (Å²) >= 11 is 0. The van der Waals surface area contributed by atoms with E-state index in [1.165, 1.54) is 32.1 Å². The number of hydrogen-bond donors (Lipinski definition) is 1. The van der Waals surface area contributed by atoms with Crippen LogP contribution in [0.4, 0.5) is 0 Å². The van der Waals surface area contributed by atoms with Gasteiger partial charge in [0.15, 0.2) is 5.78 Å². The van der Waals surface area contributed by atoms with Crippen molar-refractivity contribution in [2.75, 3.05) is 0 Å². The molecular weight excluding hydrogens is 252 g/mol. The van der Waals surface area contributed by atoms with Crippen LogP contribution in [-0.2, 0) is 9.59 Å². The third kappa shape index (κ3) is 14.5. The first-order valence-corrected chi connectivity index (χ1v) is 7.56. The molecule has 0 atom stereocenters. The molecule has 0 rings (SSSR count). The van der Waals surface area contributed by atoms with E-state index in [4.69, 9.17) is 5.11 Å². The van der Waals surface area contributed by atoms with E-state index < -0.39 is 5.97 Å². The predicted molar refractivity (Wildman–Crippen MR) is 81.4 cm³/mol. The molecule has 0 amide bonds. The second-order valence-corrected chi connectivity index (χ2v) is 4.86. The van der Waals surface area contributed by atoms with E-state index in [9.17, 15) is 9.59 Å². The number of carbonyl (C=O) groups is 2. The number of carbonyl (C=O) groups excluding carboxylic acids is 1. The maximum absolute atomic E-state index is 11.2. The molecule has 0 spiro atoms. The standard InChI is InChI=1S/C17H26O3/c1-2-3-4-5-6-7-8-9-10-11-12-13-16(18)14-15-17(19)20/h14-15H,2-8,11-13H2,1H3,(H,19,20). The third-order valence-corrected chi connectivity index (χ3v) is 2.92. The van der Waals surface area contributed by atoms with Gasteiger partial charge in [0, 0.05) is 25.3 Å². The molecular formula is C17H26O3. The molecule has 0 aliphatic heterocycles. The maximum atomic E-state index is 11.2. The quantitative estimate of drug-likeness (QED) is 0.351. The molecule has 0 aromatic heterocycles. The highest BCUT2D eigenvalue weighted by Gasteiger charge is 1.96. The Morgan fingerprint density at radius 3 is 2.15 bits per heavy atom. The molecule has 20 heavy (non-hydrogen) atoms. The number of aliphatic carboxylic acids is 1. The lowest BCUT2D eigenvalue weighted by Crippen LogP contribution is -1.95. The van der Waals surface area contributed by atoms with Gasteiger partial charge in [-0.1, -0.05) is 39.0 Å². The highest BCUT2D eigenvalue weighted by atomic mass is 16.4. The lowest BCUT2D eigenvalue weighted by atomic mass is 10.1. The van der Waals surface area contributed by atoms with Gasteiger partial charge in [-0.3, -0.25) is 4.79 Å². The van der Waals surface area contributed by atoms with Gasteiger partial charge in [-0.15, -0.1) is 11.8 Å². The molecule has 0 heterocycles. The normalized spacial score (nSPS) is 10.2. The van der Waals surface area contributed by atoms with Crippen molar-refractivity contribution in [3.8, 4) is 11.8 Å². The predicted octanol–water partition coefficient (Wildman–Crippen LogP) is 4.12. The summed E-state index contributed by atoms with van der Waals surface area (Å²) in [7, 11) is 0. The zero-order valence-electron chi connectivity index (χ0n) is 12.5. The van der Waals surface area contributed by atoms with Crippen molar-refractivity contribution in [3.05, 3.63) is 12.2 Å². The van der Waals surface area contributed by atoms with E-state index in [2.05, 4.69) is 18.8 Å². The van der Waals surface area contributed by atoms with Gasteiger partial charge in [0.25, 0.3) is 0 Å². The molecule has 0 fully saturated rings. The fraction of sp³-hybridized carbons (Fsp3) is 0.647. The van der Waals surface area contributed by atoms with Gasteiger partial charge in [-0.05, 0) is 18.9 Å². The summed E-state index contributed by atoms with van der Waals surface area (Å²) in [6, 6.07) is 0. The van der Waals surface area contributed by atoms with Crippen molar-refractivity contribution in [1.82, 2.24) is 0 Å². The van der Waals surface area contributed by atoms with Crippen LogP contribution in [0.3, 0.4) is 0 Å². The fourth-order valence-electron chi connectivity index (χ4n) is 1.77. The minimum Gasteiger partial charge on any atom is -0.478 e. The summed E-state index contributed by atoms with van der Waals surface area (Å²) in [5, 5.41) is 8.36. The number of ketones is 1. The zero-order valence-corrected chi connectivity index (χ0v) is 12.5. The molecule has 0 unspecified atom stereocenters. The molecule has 1 N–H and O–H groups in total. The Kier molecular flexibility index (Phi) is 12.8. The van der Waals surface area contributed by atoms with Gasteiger partial charge >= 0.3 is 5.97 Å². The number of carboxylic acids is 1. The summed E-state index contributed by atoms with van der Waals surface area (Å²) in [6.07, 6.45) is 12.4. The lowest BCUT2D eigenvalue weighted by molar-refractivity contribution is -0.131. The van der Waals surface area contributed by atoms with Crippen molar-refractivity contribution in [2.24, 2.45) is 0 Å². The molecule has 0 radical (unpaired) electrons. The van der Waals surface area contributed by atoms with Crippen LogP contribution in [0.1, 0.15) is 71.1 Å². The first-order chi connectivity index (χ1) is 9.66. The summed E-state index contributed by atoms with van der Waals surface area (Å²) in [5.74, 6) is 4.96. The van der Waals surface area contributed by atoms with Crippen molar-refractivity contribution >= 4 is 11.8 Å². The van der Waals surface area contributed by atoms with Crippen molar-refractivity contribution in [2.45, 2.75) is 71.1 Å². The lowest BCUT2D eigenvalue weighted by Gasteiger charge is -1.96. The van der Waals surface area contributed by atoms with Gasteiger partial charge < -0.3 is 5.11 Å². The number of carboxylic acid groups (broad SMARTS) is 1. The second kappa shape index (κ2) is 13.9. The van der Waals surface area contributed by atoms with Crippen LogP contribution in [0.25, 0.3) is 0 Å². The molecule has 3 nitrogen and oxygen atoms in total. The summed E-state index contributed by atoms with van der Waals surface area (Å²) < 4.78 is 0. The van der Waals surface area contributed by atoms with E-state index in [-0.39, 0.29) is 5.78 Å². The van der Waals surface area contributed by atoms with Crippen molar-refractivity contribution < 1.29 is 14.7 Å². The van der Waals surface area contributed by atoms with E-state index in [0.717, 1.165) is 25.0 Å². The Hall–Kier alpha value is -1.56. The third-order valence-electron chi connectivity index (χ3n) is 2.92. The van der Waals surface area contributed by atoms with Crippen molar-refractivity contribution in [1.29, 1.82) is 0 Å². The van der Waals surface area contributed by atoms with Crippen LogP contribution in [0.5, 0.6) is 0 Å². The summed E-state index contributed by atoms with van der Waals surface area (Å²) in [5.41, 5.74) is 0. The van der Waals surface area contributed by atoms with Gasteiger partial charge in [-0.2, -0.15) is 0 Å². The van der Waals surface area contributed by atoms with Crippen LogP contribution in [0.2, 0.25) is 0 Å². The minimum atomic E-state index is -1.09. The summed E-state index contributed by atoms with van der Waals surface area (Å²) in [4.78, 5) is 21.4. The number of rotatable bonds is 11. The Morgan fingerprint density at radius 1 is 0.900 bits per heavy atom. The average Bonchev–Trinajstić information content (AvgIpc) is 2.42. The molecule has 0 aliphatic rings. The first kappa shape index (κ1) is 18.4. The van der Waals surface area contributed by atoms with E-state index in [1.807, 2.05) is 0 Å². The topological polar surface area (TPSA) is 54.4 Å². The van der Waals surface area contributed by atoms with Gasteiger partial charge in [0.05, 0.1) is 0 Å². The highest BCUT2D eigenvalue weighted by Crippen LogP contribution is 2.06. The van der Waals surface area contributed by atoms with Crippen molar-refractivity contribution in [3.63, 3.8) is 0 Å². The molecule has 0 bridgehead atoms. The molecule has 0 aromatic rings. The van der Waals surface area contributed by atoms with Crippen LogP contribution in [0, 0.1) is 11.8 Å². The van der Waals surface area contributed by atoms with E-state index in [1.54, 1.807) is 0 Å². The second-order valence-electron chi connectivity index (χ2n) is 4.86. The van der Waals surface area contributed by atoms with Crippen LogP contribution >= 0.6 is 0 Å². The average molecular weight is 278 g/mol. The Labute approximate surface area is 122 Å². The van der Waals surface area contributed by atoms with E-state index >= 15 is 0 Å². The van der Waals surface area contributed by atoms with Crippen LogP contribution < -0.4 is 0 Å². The molecule has 0 aliphatic carbocycles. The highest BCUT2D eigenvalue weighted by molar-refractivity contribution is 5.95. The Morgan fingerprint density at radius 2 is 1.50 bits per heavy atom. The first-order valence-electron chi connectivity index (χ1n) is 7.56. The molecule has 112 valence electrons. The monoisotopic (exact) mass is 278 g/mol. The number of allylic oxidation sites excluding steroid dienone is 1.